The van der Waals surface area contributed by atoms with Gasteiger partial charge in [0.15, 0.2) is 11.5 Å². The van der Waals surface area contributed by atoms with Crippen LogP contribution >= 0.6 is 0 Å². The molecule has 1 aromatic heterocycles. The number of aromatic nitrogens is 1. The molecular formula is C26H23N5O5. The predicted molar refractivity (Wildman–Crippen MR) is 129 cm³/mol. The lowest BCUT2D eigenvalue weighted by molar-refractivity contribution is 0.1000. The van der Waals surface area contributed by atoms with Gasteiger partial charge in [0, 0.05) is 17.5 Å². The predicted octanol–water partition coefficient (Wildman–Crippen LogP) is 2.93. The van der Waals surface area contributed by atoms with Gasteiger partial charge in [-0.2, -0.15) is 15.5 Å². The molecular weight excluding hydrogens is 462 g/mol. The second-order valence-corrected chi connectivity index (χ2v) is 7.97. The number of rotatable bonds is 8. The summed E-state index contributed by atoms with van der Waals surface area (Å²) in [6.07, 6.45) is 0.685. The van der Waals surface area contributed by atoms with Crippen molar-refractivity contribution in [2.24, 2.45) is 5.73 Å². The molecule has 10 heteroatoms. The molecule has 0 bridgehead atoms. The van der Waals surface area contributed by atoms with Gasteiger partial charge in [-0.05, 0) is 35.4 Å². The van der Waals surface area contributed by atoms with Crippen LogP contribution in [-0.4, -0.2) is 37.3 Å². The number of nitrogens with two attached hydrogens (primary N) is 2. The summed E-state index contributed by atoms with van der Waals surface area (Å²) in [5.74, 6) is 0.236. The number of primary amides is 1. The first-order valence-corrected chi connectivity index (χ1v) is 11.0. The van der Waals surface area contributed by atoms with E-state index in [0.29, 0.717) is 41.4 Å². The molecule has 4 rings (SSSR count). The van der Waals surface area contributed by atoms with Gasteiger partial charge in [0.2, 0.25) is 11.8 Å². The fraction of sp³-hybridized carbons (Fsp3) is 0.231. The number of hydrogen-bond donors (Lipinski definition) is 2. The van der Waals surface area contributed by atoms with Crippen LogP contribution in [0.15, 0.2) is 42.5 Å². The molecule has 4 N–H and O–H groups in total. The number of nitrogens with zero attached hydrogens (tertiary/aromatic N) is 3. The van der Waals surface area contributed by atoms with Gasteiger partial charge in [-0.25, -0.2) is 0 Å². The summed E-state index contributed by atoms with van der Waals surface area (Å²) >= 11 is 0. The molecule has 1 aliphatic heterocycles. The molecule has 0 radical (unpaired) electrons. The van der Waals surface area contributed by atoms with Crippen molar-refractivity contribution in [1.29, 1.82) is 10.5 Å². The Morgan fingerprint density at radius 3 is 2.64 bits per heavy atom. The van der Waals surface area contributed by atoms with Gasteiger partial charge in [-0.15, -0.1) is 0 Å². The van der Waals surface area contributed by atoms with Crippen LogP contribution in [0.1, 0.15) is 33.5 Å². The SMILES string of the molecule is COc1cc(-c2c(C#N)c(N)nc(OCc3cccc(C(N)=O)c3)c2C#N)ccc1OC1CCOC1. The van der Waals surface area contributed by atoms with Crippen molar-refractivity contribution in [3.63, 3.8) is 0 Å². The minimum atomic E-state index is -0.570. The van der Waals surface area contributed by atoms with E-state index in [-0.39, 0.29) is 41.1 Å². The van der Waals surface area contributed by atoms with E-state index in [1.54, 1.807) is 42.5 Å². The van der Waals surface area contributed by atoms with E-state index in [4.69, 9.17) is 30.4 Å². The van der Waals surface area contributed by atoms with Crippen LogP contribution in [0, 0.1) is 22.7 Å². The maximum absolute atomic E-state index is 11.5. The second kappa shape index (κ2) is 10.6. The topological polar surface area (TPSA) is 166 Å². The highest BCUT2D eigenvalue weighted by atomic mass is 16.6. The van der Waals surface area contributed by atoms with Crippen molar-refractivity contribution in [2.45, 2.75) is 19.1 Å². The van der Waals surface area contributed by atoms with E-state index in [2.05, 4.69) is 11.1 Å². The third kappa shape index (κ3) is 4.99. The summed E-state index contributed by atoms with van der Waals surface area (Å²) in [7, 11) is 1.50. The lowest BCUT2D eigenvalue weighted by Crippen LogP contribution is -2.16. The van der Waals surface area contributed by atoms with E-state index in [0.717, 1.165) is 6.42 Å². The smallest absolute Gasteiger partial charge is 0.248 e. The Morgan fingerprint density at radius 2 is 1.97 bits per heavy atom. The number of amides is 1. The van der Waals surface area contributed by atoms with Crippen LogP contribution in [0.3, 0.4) is 0 Å². The van der Waals surface area contributed by atoms with E-state index in [1.807, 2.05) is 6.07 Å². The zero-order valence-corrected chi connectivity index (χ0v) is 19.5. The Balaban J connectivity index is 1.72. The number of carbonyl (C=O) groups excluding carboxylic acids is 1. The number of hydrogen-bond acceptors (Lipinski definition) is 9. The van der Waals surface area contributed by atoms with Crippen LogP contribution in [0.2, 0.25) is 0 Å². The first-order valence-electron chi connectivity index (χ1n) is 11.0. The van der Waals surface area contributed by atoms with Crippen molar-refractivity contribution >= 4 is 11.7 Å². The van der Waals surface area contributed by atoms with Crippen LogP contribution < -0.4 is 25.7 Å². The average molecular weight is 486 g/mol. The molecule has 0 aliphatic carbocycles. The van der Waals surface area contributed by atoms with Crippen molar-refractivity contribution in [2.75, 3.05) is 26.1 Å². The molecule has 2 heterocycles. The summed E-state index contributed by atoms with van der Waals surface area (Å²) in [6.45, 7) is 1.12. The molecule has 0 saturated carbocycles. The highest BCUT2D eigenvalue weighted by molar-refractivity contribution is 5.92. The van der Waals surface area contributed by atoms with E-state index in [1.165, 1.54) is 7.11 Å². The van der Waals surface area contributed by atoms with Crippen molar-refractivity contribution in [1.82, 2.24) is 4.98 Å². The first-order chi connectivity index (χ1) is 17.4. The standard InChI is InChI=1S/C26H23N5O5/c1-33-22-10-16(5-6-21(22)36-18-7-8-34-14-18)23-19(11-27)24(29)31-26(20(23)12-28)35-13-15-3-2-4-17(9-15)25(30)32/h2-6,9-10,18H,7-8,13-14H2,1H3,(H2,29,31)(H2,30,32). The molecule has 1 amide bonds. The first kappa shape index (κ1) is 24.3. The minimum Gasteiger partial charge on any atom is -0.493 e. The molecule has 1 atom stereocenters. The molecule has 36 heavy (non-hydrogen) atoms. The molecule has 1 aliphatic rings. The summed E-state index contributed by atoms with van der Waals surface area (Å²) in [5.41, 5.74) is 13.2. The van der Waals surface area contributed by atoms with Crippen molar-refractivity contribution < 1.29 is 23.7 Å². The van der Waals surface area contributed by atoms with Crippen LogP contribution in [0.25, 0.3) is 11.1 Å². The number of nitriles is 2. The zero-order valence-electron chi connectivity index (χ0n) is 19.5. The number of pyridine rings is 1. The van der Waals surface area contributed by atoms with E-state index in [9.17, 15) is 15.3 Å². The van der Waals surface area contributed by atoms with Gasteiger partial charge < -0.3 is 30.4 Å². The summed E-state index contributed by atoms with van der Waals surface area (Å²) in [4.78, 5) is 15.6. The summed E-state index contributed by atoms with van der Waals surface area (Å²) < 4.78 is 22.7. The Hall–Kier alpha value is -4.80. The number of carbonyl (C=O) groups is 1. The lowest BCUT2D eigenvalue weighted by Gasteiger charge is -2.17. The Kier molecular flexibility index (Phi) is 7.19. The van der Waals surface area contributed by atoms with Crippen LogP contribution in [0.4, 0.5) is 5.82 Å². The minimum absolute atomic E-state index is 0.00681. The molecule has 10 nitrogen and oxygen atoms in total. The van der Waals surface area contributed by atoms with Crippen molar-refractivity contribution in [3.8, 4) is 40.6 Å². The van der Waals surface area contributed by atoms with Crippen molar-refractivity contribution in [3.05, 3.63) is 64.7 Å². The number of benzene rings is 2. The van der Waals surface area contributed by atoms with Gasteiger partial charge in [0.05, 0.1) is 20.3 Å². The van der Waals surface area contributed by atoms with Gasteiger partial charge >= 0.3 is 0 Å². The maximum Gasteiger partial charge on any atom is 0.248 e. The third-order valence-corrected chi connectivity index (χ3v) is 5.64. The highest BCUT2D eigenvalue weighted by Gasteiger charge is 2.24. The molecule has 3 aromatic rings. The highest BCUT2D eigenvalue weighted by Crippen LogP contribution is 2.39. The maximum atomic E-state index is 11.5. The van der Waals surface area contributed by atoms with E-state index < -0.39 is 5.91 Å². The number of ether oxygens (including phenoxy) is 4. The lowest BCUT2D eigenvalue weighted by atomic mass is 9.96. The fourth-order valence-corrected chi connectivity index (χ4v) is 3.86. The quantitative estimate of drug-likeness (QED) is 0.487. The molecule has 1 unspecified atom stereocenters. The third-order valence-electron chi connectivity index (χ3n) is 5.64. The number of anilines is 1. The van der Waals surface area contributed by atoms with Gasteiger partial charge in [0.1, 0.15) is 41.8 Å². The second-order valence-electron chi connectivity index (χ2n) is 7.97. The zero-order chi connectivity index (χ0) is 25.7. The number of methoxy groups -OCH3 is 1. The Morgan fingerprint density at radius 1 is 1.17 bits per heavy atom. The van der Waals surface area contributed by atoms with Crippen LogP contribution in [-0.2, 0) is 11.3 Å². The summed E-state index contributed by atoms with van der Waals surface area (Å²) in [5, 5.41) is 19.8. The average Bonchev–Trinajstić information content (AvgIpc) is 3.40. The Bertz CT molecular complexity index is 1390. The van der Waals surface area contributed by atoms with E-state index >= 15 is 0 Å². The molecule has 1 saturated heterocycles. The molecule has 1 fully saturated rings. The van der Waals surface area contributed by atoms with Gasteiger partial charge in [-0.1, -0.05) is 18.2 Å². The number of nitrogen functional groups attached to an aromatic ring is 1. The van der Waals surface area contributed by atoms with Gasteiger partial charge in [-0.3, -0.25) is 4.79 Å². The van der Waals surface area contributed by atoms with Crippen LogP contribution in [0.5, 0.6) is 17.4 Å². The Labute approximate surface area is 207 Å². The largest absolute Gasteiger partial charge is 0.493 e. The summed E-state index contributed by atoms with van der Waals surface area (Å²) in [6, 6.07) is 15.8. The normalized spacial score (nSPS) is 14.5. The molecule has 2 aromatic carbocycles. The molecule has 182 valence electrons. The van der Waals surface area contributed by atoms with Gasteiger partial charge in [0.25, 0.3) is 0 Å². The fourth-order valence-electron chi connectivity index (χ4n) is 3.86. The molecule has 0 spiro atoms. The monoisotopic (exact) mass is 485 g/mol.